The van der Waals surface area contributed by atoms with E-state index in [2.05, 4.69) is 15.6 Å². The minimum absolute atomic E-state index is 0.0175. The van der Waals surface area contributed by atoms with E-state index >= 15 is 0 Å². The number of carbonyl (C=O) groups excluding carboxylic acids is 1. The van der Waals surface area contributed by atoms with Crippen LogP contribution in [0.1, 0.15) is 20.3 Å². The average molecular weight is 343 g/mol. The van der Waals surface area contributed by atoms with Gasteiger partial charge in [-0.3, -0.25) is 4.79 Å². The molecule has 134 valence electrons. The molecule has 1 amide bonds. The maximum Gasteiger partial charge on any atom is 0.225 e. The van der Waals surface area contributed by atoms with Crippen LogP contribution in [0.25, 0.3) is 0 Å². The molecule has 1 aromatic heterocycles. The fourth-order valence-electron chi connectivity index (χ4n) is 2.17. The maximum atomic E-state index is 11.7. The molecule has 0 aliphatic rings. The van der Waals surface area contributed by atoms with Crippen LogP contribution in [-0.4, -0.2) is 31.2 Å². The highest BCUT2D eigenvalue weighted by molar-refractivity contribution is 5.89. The summed E-state index contributed by atoms with van der Waals surface area (Å²) in [6, 6.07) is 11.1. The number of methoxy groups -OCH3 is 1. The van der Waals surface area contributed by atoms with Gasteiger partial charge in [0.2, 0.25) is 5.91 Å². The van der Waals surface area contributed by atoms with Gasteiger partial charge in [0.25, 0.3) is 0 Å². The van der Waals surface area contributed by atoms with Gasteiger partial charge in [-0.15, -0.1) is 0 Å². The zero-order valence-corrected chi connectivity index (χ0v) is 14.9. The van der Waals surface area contributed by atoms with E-state index in [0.717, 1.165) is 17.2 Å². The van der Waals surface area contributed by atoms with Gasteiger partial charge in [0, 0.05) is 13.0 Å². The molecule has 2 aromatic rings. The predicted octanol–water partition coefficient (Wildman–Crippen LogP) is 3.57. The topological polar surface area (TPSA) is 72.5 Å². The highest BCUT2D eigenvalue weighted by Crippen LogP contribution is 2.17. The Morgan fingerprint density at radius 2 is 1.84 bits per heavy atom. The first kappa shape index (κ1) is 18.6. The molecule has 6 nitrogen and oxygen atoms in total. The number of amides is 1. The molecule has 2 rings (SSSR count). The molecule has 0 aliphatic heterocycles. The number of pyridine rings is 1. The Morgan fingerprint density at radius 1 is 1.12 bits per heavy atom. The molecule has 0 fully saturated rings. The fourth-order valence-corrected chi connectivity index (χ4v) is 2.17. The number of hydrogen-bond donors (Lipinski definition) is 2. The van der Waals surface area contributed by atoms with Crippen molar-refractivity contribution < 1.29 is 14.3 Å². The summed E-state index contributed by atoms with van der Waals surface area (Å²) >= 11 is 0. The van der Waals surface area contributed by atoms with Gasteiger partial charge in [-0.1, -0.05) is 13.8 Å². The third-order valence-electron chi connectivity index (χ3n) is 3.38. The molecule has 0 saturated carbocycles. The summed E-state index contributed by atoms with van der Waals surface area (Å²) in [5, 5.41) is 6.01. The summed E-state index contributed by atoms with van der Waals surface area (Å²) in [6.07, 6.45) is 2.18. The number of anilines is 2. The lowest BCUT2D eigenvalue weighted by Crippen LogP contribution is -2.15. The van der Waals surface area contributed by atoms with Crippen molar-refractivity contribution in [3.63, 3.8) is 0 Å². The van der Waals surface area contributed by atoms with E-state index in [-0.39, 0.29) is 5.91 Å². The van der Waals surface area contributed by atoms with Crippen molar-refractivity contribution in [1.29, 1.82) is 0 Å². The number of aromatic nitrogens is 1. The van der Waals surface area contributed by atoms with Crippen LogP contribution in [0.4, 0.5) is 11.5 Å². The third kappa shape index (κ3) is 6.71. The van der Waals surface area contributed by atoms with Gasteiger partial charge in [0.1, 0.15) is 23.9 Å². The summed E-state index contributed by atoms with van der Waals surface area (Å²) in [7, 11) is 1.63. The zero-order valence-electron chi connectivity index (χ0n) is 14.9. The molecule has 1 heterocycles. The maximum absolute atomic E-state index is 11.7. The molecule has 0 spiro atoms. The number of nitrogens with zero attached hydrogens (tertiary/aromatic N) is 1. The molecule has 0 saturated heterocycles. The molecular weight excluding hydrogens is 318 g/mol. The van der Waals surface area contributed by atoms with Crippen LogP contribution >= 0.6 is 0 Å². The van der Waals surface area contributed by atoms with Gasteiger partial charge in [-0.25, -0.2) is 4.98 Å². The van der Waals surface area contributed by atoms with Crippen LogP contribution in [0.5, 0.6) is 11.5 Å². The van der Waals surface area contributed by atoms with Crippen molar-refractivity contribution in [1.82, 2.24) is 4.98 Å². The summed E-state index contributed by atoms with van der Waals surface area (Å²) in [5.74, 6) is 2.47. The number of nitrogens with one attached hydrogen (secondary N) is 2. The van der Waals surface area contributed by atoms with Gasteiger partial charge in [-0.2, -0.15) is 0 Å². The first-order valence-electron chi connectivity index (χ1n) is 8.33. The van der Waals surface area contributed by atoms with Gasteiger partial charge in [0.15, 0.2) is 0 Å². The van der Waals surface area contributed by atoms with Crippen molar-refractivity contribution in [2.45, 2.75) is 20.3 Å². The largest absolute Gasteiger partial charge is 0.497 e. The summed E-state index contributed by atoms with van der Waals surface area (Å²) in [4.78, 5) is 15.9. The molecule has 0 radical (unpaired) electrons. The number of benzene rings is 1. The van der Waals surface area contributed by atoms with Crippen LogP contribution in [0.15, 0.2) is 42.6 Å². The summed E-state index contributed by atoms with van der Waals surface area (Å²) < 4.78 is 10.7. The van der Waals surface area contributed by atoms with Crippen molar-refractivity contribution in [3.8, 4) is 11.5 Å². The second kappa shape index (κ2) is 9.52. The van der Waals surface area contributed by atoms with Crippen LogP contribution in [0.2, 0.25) is 0 Å². The molecule has 25 heavy (non-hydrogen) atoms. The van der Waals surface area contributed by atoms with Crippen molar-refractivity contribution in [3.05, 3.63) is 42.6 Å². The lowest BCUT2D eigenvalue weighted by Gasteiger charge is -2.10. The summed E-state index contributed by atoms with van der Waals surface area (Å²) in [6.45, 7) is 5.19. The Hall–Kier alpha value is -2.76. The fraction of sp³-hybridized carbons (Fsp3) is 0.368. The smallest absolute Gasteiger partial charge is 0.225 e. The quantitative estimate of drug-likeness (QED) is 0.681. The third-order valence-corrected chi connectivity index (χ3v) is 3.38. The Kier molecular flexibility index (Phi) is 7.07. The van der Waals surface area contributed by atoms with E-state index in [9.17, 15) is 4.79 Å². The lowest BCUT2D eigenvalue weighted by molar-refractivity contribution is -0.116. The zero-order chi connectivity index (χ0) is 18.1. The monoisotopic (exact) mass is 343 g/mol. The molecular formula is C19H25N3O3. The van der Waals surface area contributed by atoms with Crippen LogP contribution in [-0.2, 0) is 4.79 Å². The normalized spacial score (nSPS) is 10.4. The molecule has 1 aromatic carbocycles. The molecule has 0 bridgehead atoms. The Balaban J connectivity index is 1.71. The van der Waals surface area contributed by atoms with E-state index in [1.165, 1.54) is 0 Å². The van der Waals surface area contributed by atoms with E-state index in [4.69, 9.17) is 9.47 Å². The molecule has 0 unspecified atom stereocenters. The first-order chi connectivity index (χ1) is 12.1. The van der Waals surface area contributed by atoms with E-state index in [1.807, 2.05) is 44.2 Å². The number of carbonyl (C=O) groups is 1. The van der Waals surface area contributed by atoms with Crippen LogP contribution < -0.4 is 20.1 Å². The molecule has 0 atom stereocenters. The van der Waals surface area contributed by atoms with E-state index in [0.29, 0.717) is 31.3 Å². The number of ether oxygens (including phenoxy) is 2. The minimum Gasteiger partial charge on any atom is -0.497 e. The van der Waals surface area contributed by atoms with E-state index in [1.54, 1.807) is 19.4 Å². The standard InChI is InChI=1S/C19H25N3O3/c1-14(2)12-19(23)22-18-9-4-15(13-21-18)20-10-11-25-17-7-5-16(24-3)6-8-17/h4-9,13-14,20H,10-12H2,1-3H3,(H,21,22,23). The van der Waals surface area contributed by atoms with Crippen LogP contribution in [0, 0.1) is 5.92 Å². The minimum atomic E-state index is -0.0175. The average Bonchev–Trinajstić information content (AvgIpc) is 2.60. The Labute approximate surface area is 148 Å². The number of rotatable bonds is 9. The lowest BCUT2D eigenvalue weighted by atomic mass is 10.1. The Morgan fingerprint density at radius 3 is 2.44 bits per heavy atom. The van der Waals surface area contributed by atoms with Gasteiger partial charge in [0.05, 0.1) is 19.0 Å². The summed E-state index contributed by atoms with van der Waals surface area (Å²) in [5.41, 5.74) is 0.875. The second-order valence-corrected chi connectivity index (χ2v) is 6.03. The number of hydrogen-bond acceptors (Lipinski definition) is 5. The highest BCUT2D eigenvalue weighted by atomic mass is 16.5. The van der Waals surface area contributed by atoms with Crippen molar-refractivity contribution in [2.75, 3.05) is 30.9 Å². The van der Waals surface area contributed by atoms with Crippen molar-refractivity contribution in [2.24, 2.45) is 5.92 Å². The van der Waals surface area contributed by atoms with Gasteiger partial charge in [-0.05, 0) is 42.3 Å². The molecule has 2 N–H and O–H groups in total. The predicted molar refractivity (Wildman–Crippen MR) is 99.3 cm³/mol. The molecule has 6 heteroatoms. The SMILES string of the molecule is COc1ccc(OCCNc2ccc(NC(=O)CC(C)C)nc2)cc1. The van der Waals surface area contributed by atoms with Crippen molar-refractivity contribution >= 4 is 17.4 Å². The Bertz CT molecular complexity index is 655. The molecule has 0 aliphatic carbocycles. The second-order valence-electron chi connectivity index (χ2n) is 6.03. The van der Waals surface area contributed by atoms with Gasteiger partial charge >= 0.3 is 0 Å². The van der Waals surface area contributed by atoms with E-state index < -0.39 is 0 Å². The highest BCUT2D eigenvalue weighted by Gasteiger charge is 2.05. The van der Waals surface area contributed by atoms with Gasteiger partial charge < -0.3 is 20.1 Å². The first-order valence-corrected chi connectivity index (χ1v) is 8.33. The van der Waals surface area contributed by atoms with Crippen LogP contribution in [0.3, 0.4) is 0 Å².